The van der Waals surface area contributed by atoms with Gasteiger partial charge in [0.05, 0.1) is 18.0 Å². The van der Waals surface area contributed by atoms with Crippen molar-refractivity contribution in [2.45, 2.75) is 38.7 Å². The molecular weight excluding hydrogens is 296 g/mol. The summed E-state index contributed by atoms with van der Waals surface area (Å²) in [4.78, 5) is 16.6. The molecule has 2 aromatic rings. The minimum Gasteiger partial charge on any atom is -0.387 e. The molecule has 0 spiro atoms. The number of rotatable bonds is 5. The Morgan fingerprint density at radius 3 is 2.55 bits per heavy atom. The molecule has 0 fully saturated rings. The zero-order chi connectivity index (χ0) is 16.2. The molecule has 2 rings (SSSR count). The fourth-order valence-electron chi connectivity index (χ4n) is 2.08. The maximum absolute atomic E-state index is 11.8. The van der Waals surface area contributed by atoms with Gasteiger partial charge >= 0.3 is 0 Å². The maximum Gasteiger partial charge on any atom is 0.225 e. The van der Waals surface area contributed by atoms with E-state index in [-0.39, 0.29) is 17.9 Å². The molecule has 1 aromatic carbocycles. The third kappa shape index (κ3) is 4.64. The lowest BCUT2D eigenvalue weighted by Crippen LogP contribution is -2.29. The third-order valence-electron chi connectivity index (χ3n) is 3.47. The average Bonchev–Trinajstić information content (AvgIpc) is 2.97. The lowest BCUT2D eigenvalue weighted by Gasteiger charge is -2.20. The Morgan fingerprint density at radius 1 is 1.32 bits per heavy atom. The van der Waals surface area contributed by atoms with Gasteiger partial charge in [0, 0.05) is 17.6 Å². The van der Waals surface area contributed by atoms with E-state index < -0.39 is 6.10 Å². The van der Waals surface area contributed by atoms with Gasteiger partial charge in [-0.25, -0.2) is 0 Å². The first-order valence-corrected chi connectivity index (χ1v) is 8.17. The minimum absolute atomic E-state index is 0.0897. The molecule has 22 heavy (non-hydrogen) atoms. The van der Waals surface area contributed by atoms with Gasteiger partial charge in [0.2, 0.25) is 5.91 Å². The van der Waals surface area contributed by atoms with Crippen molar-refractivity contribution in [1.29, 1.82) is 0 Å². The van der Waals surface area contributed by atoms with E-state index in [9.17, 15) is 9.90 Å². The van der Waals surface area contributed by atoms with E-state index in [2.05, 4.69) is 31.1 Å². The Balaban J connectivity index is 1.86. The number of carbonyl (C=O) groups excluding carboxylic acids is 1. The summed E-state index contributed by atoms with van der Waals surface area (Å²) >= 11 is 1.45. The Morgan fingerprint density at radius 2 is 2.00 bits per heavy atom. The van der Waals surface area contributed by atoms with Crippen LogP contribution in [0.15, 0.2) is 36.0 Å². The zero-order valence-electron chi connectivity index (χ0n) is 13.2. The van der Waals surface area contributed by atoms with E-state index in [1.54, 1.807) is 11.7 Å². The van der Waals surface area contributed by atoms with Crippen LogP contribution in [0.25, 0.3) is 0 Å². The van der Waals surface area contributed by atoms with E-state index in [0.717, 1.165) is 10.4 Å². The molecule has 1 aromatic heterocycles. The van der Waals surface area contributed by atoms with Crippen molar-refractivity contribution in [2.24, 2.45) is 0 Å². The molecule has 0 aliphatic rings. The van der Waals surface area contributed by atoms with Crippen molar-refractivity contribution >= 4 is 17.2 Å². The molecule has 1 amide bonds. The summed E-state index contributed by atoms with van der Waals surface area (Å²) in [5.74, 6) is -0.102. The van der Waals surface area contributed by atoms with E-state index in [0.29, 0.717) is 6.42 Å². The summed E-state index contributed by atoms with van der Waals surface area (Å²) in [6.07, 6.45) is 1.30. The highest BCUT2D eigenvalue weighted by molar-refractivity contribution is 7.09. The topological polar surface area (TPSA) is 62.2 Å². The van der Waals surface area contributed by atoms with Crippen LogP contribution in [-0.2, 0) is 16.6 Å². The molecule has 0 aliphatic carbocycles. The van der Waals surface area contributed by atoms with E-state index in [1.807, 2.05) is 24.3 Å². The fourth-order valence-corrected chi connectivity index (χ4v) is 2.68. The molecule has 0 bridgehead atoms. The van der Waals surface area contributed by atoms with Crippen molar-refractivity contribution in [1.82, 2.24) is 10.3 Å². The van der Waals surface area contributed by atoms with Crippen LogP contribution in [0.2, 0.25) is 0 Å². The summed E-state index contributed by atoms with van der Waals surface area (Å²) in [6.45, 7) is 6.67. The molecule has 0 aliphatic heterocycles. The SMILES string of the molecule is CC(C)(C)c1ccc(C(O)CNC(=O)Cc2cncs2)cc1. The van der Waals surface area contributed by atoms with Gasteiger partial charge in [0.15, 0.2) is 0 Å². The lowest BCUT2D eigenvalue weighted by molar-refractivity contribution is -0.120. The number of nitrogens with zero attached hydrogens (tertiary/aromatic N) is 1. The van der Waals surface area contributed by atoms with E-state index in [4.69, 9.17) is 0 Å². The summed E-state index contributed by atoms with van der Waals surface area (Å²) in [5.41, 5.74) is 3.82. The number of aromatic nitrogens is 1. The highest BCUT2D eigenvalue weighted by Crippen LogP contribution is 2.23. The molecule has 5 heteroatoms. The van der Waals surface area contributed by atoms with E-state index >= 15 is 0 Å². The number of aliphatic hydroxyl groups excluding tert-OH is 1. The van der Waals surface area contributed by atoms with Gasteiger partial charge in [-0.3, -0.25) is 9.78 Å². The van der Waals surface area contributed by atoms with Crippen LogP contribution >= 0.6 is 11.3 Å². The average molecular weight is 318 g/mol. The molecule has 118 valence electrons. The Labute approximate surface area is 135 Å². The number of benzene rings is 1. The Hall–Kier alpha value is -1.72. The van der Waals surface area contributed by atoms with Crippen LogP contribution < -0.4 is 5.32 Å². The molecule has 0 saturated carbocycles. The number of amides is 1. The highest BCUT2D eigenvalue weighted by Gasteiger charge is 2.15. The van der Waals surface area contributed by atoms with Crippen LogP contribution in [0.3, 0.4) is 0 Å². The van der Waals surface area contributed by atoms with Crippen LogP contribution in [0.4, 0.5) is 0 Å². The van der Waals surface area contributed by atoms with Gasteiger partial charge in [-0.15, -0.1) is 11.3 Å². The molecule has 1 atom stereocenters. The quantitative estimate of drug-likeness (QED) is 0.891. The maximum atomic E-state index is 11.8. The van der Waals surface area contributed by atoms with Gasteiger partial charge < -0.3 is 10.4 Å². The van der Waals surface area contributed by atoms with Gasteiger partial charge in [0.25, 0.3) is 0 Å². The summed E-state index contributed by atoms with van der Waals surface area (Å²) in [7, 11) is 0. The van der Waals surface area contributed by atoms with Gasteiger partial charge in [-0.2, -0.15) is 0 Å². The van der Waals surface area contributed by atoms with Crippen LogP contribution in [0, 0.1) is 0 Å². The highest BCUT2D eigenvalue weighted by atomic mass is 32.1. The Kier molecular flexibility index (Phi) is 5.32. The smallest absolute Gasteiger partial charge is 0.225 e. The van der Waals surface area contributed by atoms with Crippen molar-refractivity contribution in [2.75, 3.05) is 6.54 Å². The number of thiazole rings is 1. The standard InChI is InChI=1S/C17H22N2O2S/c1-17(2,3)13-6-4-12(5-7-13)15(20)10-19-16(21)8-14-9-18-11-22-14/h4-7,9,11,15,20H,8,10H2,1-3H3,(H,19,21). The van der Waals surface area contributed by atoms with Crippen molar-refractivity contribution in [3.63, 3.8) is 0 Å². The second-order valence-electron chi connectivity index (χ2n) is 6.34. The van der Waals surface area contributed by atoms with Crippen molar-refractivity contribution in [3.8, 4) is 0 Å². The zero-order valence-corrected chi connectivity index (χ0v) is 14.0. The number of hydrogen-bond acceptors (Lipinski definition) is 4. The largest absolute Gasteiger partial charge is 0.387 e. The number of nitrogens with one attached hydrogen (secondary N) is 1. The minimum atomic E-state index is -0.695. The van der Waals surface area contributed by atoms with Crippen LogP contribution in [0.1, 0.15) is 42.9 Å². The predicted molar refractivity (Wildman–Crippen MR) is 88.9 cm³/mol. The lowest BCUT2D eigenvalue weighted by atomic mass is 9.86. The molecular formula is C17H22N2O2S. The van der Waals surface area contributed by atoms with Gasteiger partial charge in [-0.1, -0.05) is 45.0 Å². The fraction of sp³-hybridized carbons (Fsp3) is 0.412. The molecule has 0 radical (unpaired) electrons. The van der Waals surface area contributed by atoms with Crippen LogP contribution in [-0.4, -0.2) is 22.5 Å². The second kappa shape index (κ2) is 7.03. The monoisotopic (exact) mass is 318 g/mol. The van der Waals surface area contributed by atoms with Gasteiger partial charge in [0.1, 0.15) is 0 Å². The molecule has 1 unspecified atom stereocenters. The molecule has 0 saturated heterocycles. The predicted octanol–water partition coefficient (Wildman–Crippen LogP) is 2.83. The van der Waals surface area contributed by atoms with Gasteiger partial charge in [-0.05, 0) is 16.5 Å². The molecule has 4 nitrogen and oxygen atoms in total. The third-order valence-corrected chi connectivity index (χ3v) is 4.25. The number of aliphatic hydroxyl groups is 1. The first kappa shape index (κ1) is 16.6. The molecule has 2 N–H and O–H groups in total. The van der Waals surface area contributed by atoms with Crippen molar-refractivity contribution in [3.05, 3.63) is 52.0 Å². The van der Waals surface area contributed by atoms with Crippen LogP contribution in [0.5, 0.6) is 0 Å². The van der Waals surface area contributed by atoms with E-state index in [1.165, 1.54) is 16.9 Å². The number of hydrogen-bond donors (Lipinski definition) is 2. The normalized spacial score (nSPS) is 12.9. The summed E-state index contributed by atoms with van der Waals surface area (Å²) in [5, 5.41) is 12.9. The second-order valence-corrected chi connectivity index (χ2v) is 7.31. The summed E-state index contributed by atoms with van der Waals surface area (Å²) in [6, 6.07) is 7.89. The number of carbonyl (C=O) groups is 1. The first-order valence-electron chi connectivity index (χ1n) is 7.29. The Bertz CT molecular complexity index is 601. The molecule has 1 heterocycles. The summed E-state index contributed by atoms with van der Waals surface area (Å²) < 4.78 is 0. The van der Waals surface area contributed by atoms with Crippen molar-refractivity contribution < 1.29 is 9.90 Å². The first-order chi connectivity index (χ1) is 10.4.